The van der Waals surface area contributed by atoms with Crippen molar-refractivity contribution in [2.24, 2.45) is 7.05 Å². The topological polar surface area (TPSA) is 72.7 Å². The fourth-order valence-electron chi connectivity index (χ4n) is 3.08. The molecule has 1 unspecified atom stereocenters. The maximum absolute atomic E-state index is 12.7. The quantitative estimate of drug-likeness (QED) is 0.625. The van der Waals surface area contributed by atoms with Gasteiger partial charge in [0.2, 0.25) is 0 Å². The van der Waals surface area contributed by atoms with Gasteiger partial charge >= 0.3 is 0 Å². The molecule has 0 saturated carbocycles. The fourth-order valence-corrected chi connectivity index (χ4v) is 3.86. The zero-order valence-corrected chi connectivity index (χ0v) is 16.9. The molecule has 0 aliphatic carbocycles. The number of carbonyl (C=O) groups excluding carboxylic acids is 1. The lowest BCUT2D eigenvalue weighted by Gasteiger charge is -2.17. The first-order valence-electron chi connectivity index (χ1n) is 8.39. The lowest BCUT2D eigenvalue weighted by atomic mass is 10.1. The highest BCUT2D eigenvalue weighted by Gasteiger charge is 2.21. The van der Waals surface area contributed by atoms with Crippen LogP contribution in [0.25, 0.3) is 10.9 Å². The van der Waals surface area contributed by atoms with Crippen LogP contribution in [-0.4, -0.2) is 36.3 Å². The number of amides is 1. The summed E-state index contributed by atoms with van der Waals surface area (Å²) in [6.45, 7) is 0.0380. The summed E-state index contributed by atoms with van der Waals surface area (Å²) in [4.78, 5) is 12.7. The van der Waals surface area contributed by atoms with Gasteiger partial charge in [-0.1, -0.05) is 18.2 Å². The zero-order chi connectivity index (χ0) is 19.6. The first kappa shape index (κ1) is 19.3. The Kier molecular flexibility index (Phi) is 5.72. The van der Waals surface area contributed by atoms with E-state index in [-0.39, 0.29) is 12.5 Å². The monoisotopic (exact) mass is 432 g/mol. The summed E-state index contributed by atoms with van der Waals surface area (Å²) in [7, 11) is 4.92. The van der Waals surface area contributed by atoms with E-state index in [0.29, 0.717) is 22.8 Å². The van der Waals surface area contributed by atoms with Crippen molar-refractivity contribution in [1.29, 1.82) is 0 Å². The summed E-state index contributed by atoms with van der Waals surface area (Å²) in [5, 5.41) is 14.3. The van der Waals surface area contributed by atoms with Gasteiger partial charge in [-0.05, 0) is 40.2 Å². The number of benzene rings is 2. The standard InChI is InChI=1S/C20H21BrN2O4/c1-23-15-7-5-4-6-13(15)18(21)19(23)20(25)22-11-16(24)14-10-12(26-2)8-9-17(14)27-3/h4-10,16,24H,11H2,1-3H3,(H,22,25). The van der Waals surface area contributed by atoms with Crippen molar-refractivity contribution in [3.8, 4) is 11.5 Å². The maximum Gasteiger partial charge on any atom is 0.269 e. The van der Waals surface area contributed by atoms with Gasteiger partial charge in [-0.2, -0.15) is 0 Å². The van der Waals surface area contributed by atoms with Crippen molar-refractivity contribution in [3.63, 3.8) is 0 Å². The molecular formula is C20H21BrN2O4. The van der Waals surface area contributed by atoms with Crippen molar-refractivity contribution < 1.29 is 19.4 Å². The molecule has 3 aromatic rings. The zero-order valence-electron chi connectivity index (χ0n) is 15.3. The highest BCUT2D eigenvalue weighted by atomic mass is 79.9. The fraction of sp³-hybridized carbons (Fsp3) is 0.250. The summed E-state index contributed by atoms with van der Waals surface area (Å²) < 4.78 is 13.1. The predicted molar refractivity (Wildman–Crippen MR) is 107 cm³/mol. The Morgan fingerprint density at radius 2 is 1.96 bits per heavy atom. The van der Waals surface area contributed by atoms with Crippen LogP contribution in [0.15, 0.2) is 46.9 Å². The molecule has 0 bridgehead atoms. The lowest BCUT2D eigenvalue weighted by Crippen LogP contribution is -2.30. The molecule has 1 amide bonds. The SMILES string of the molecule is COc1ccc(OC)c(C(O)CNC(=O)c2c(Br)c3ccccc3n2C)c1. The summed E-state index contributed by atoms with van der Waals surface area (Å²) in [6, 6.07) is 12.9. The van der Waals surface area contributed by atoms with Gasteiger partial charge in [-0.3, -0.25) is 4.79 Å². The molecular weight excluding hydrogens is 412 g/mol. The molecule has 2 N–H and O–H groups in total. The molecule has 27 heavy (non-hydrogen) atoms. The van der Waals surface area contributed by atoms with Gasteiger partial charge in [-0.25, -0.2) is 0 Å². The number of aliphatic hydroxyl groups excluding tert-OH is 1. The van der Waals surface area contributed by atoms with Crippen LogP contribution in [0.2, 0.25) is 0 Å². The Hall–Kier alpha value is -2.51. The molecule has 1 atom stereocenters. The molecule has 1 aromatic heterocycles. The minimum absolute atomic E-state index is 0.0380. The Labute approximate surface area is 165 Å². The van der Waals surface area contributed by atoms with Crippen LogP contribution in [-0.2, 0) is 7.05 Å². The minimum atomic E-state index is -0.938. The summed E-state index contributed by atoms with van der Waals surface area (Å²) in [5.41, 5.74) is 2.00. The predicted octanol–water partition coefficient (Wildman–Crippen LogP) is 3.42. The largest absolute Gasteiger partial charge is 0.497 e. The second kappa shape index (κ2) is 8.02. The first-order chi connectivity index (χ1) is 13.0. The Balaban J connectivity index is 1.80. The molecule has 7 heteroatoms. The number of carbonyl (C=O) groups is 1. The first-order valence-corrected chi connectivity index (χ1v) is 9.18. The van der Waals surface area contributed by atoms with E-state index in [0.717, 1.165) is 15.4 Å². The van der Waals surface area contributed by atoms with Gasteiger partial charge in [0.1, 0.15) is 23.3 Å². The van der Waals surface area contributed by atoms with Crippen molar-refractivity contribution >= 4 is 32.7 Å². The molecule has 2 aromatic carbocycles. The van der Waals surface area contributed by atoms with Gasteiger partial charge in [0.25, 0.3) is 5.91 Å². The van der Waals surface area contributed by atoms with Gasteiger partial charge in [0.15, 0.2) is 0 Å². The summed E-state index contributed by atoms with van der Waals surface area (Å²) in [5.74, 6) is 0.859. The van der Waals surface area contributed by atoms with Crippen molar-refractivity contribution in [3.05, 3.63) is 58.2 Å². The molecule has 0 aliphatic rings. The van der Waals surface area contributed by atoms with Crippen LogP contribution in [0.3, 0.4) is 0 Å². The molecule has 6 nitrogen and oxygen atoms in total. The van der Waals surface area contributed by atoms with E-state index in [1.54, 1.807) is 25.3 Å². The Bertz CT molecular complexity index is 945. The molecule has 0 saturated heterocycles. The molecule has 0 aliphatic heterocycles. The summed E-state index contributed by atoms with van der Waals surface area (Å²) >= 11 is 3.52. The highest BCUT2D eigenvalue weighted by molar-refractivity contribution is 9.10. The van der Waals surface area contributed by atoms with Gasteiger partial charge in [0, 0.05) is 30.1 Å². The van der Waals surface area contributed by atoms with Crippen molar-refractivity contribution in [2.45, 2.75) is 6.10 Å². The van der Waals surface area contributed by atoms with E-state index < -0.39 is 6.10 Å². The van der Waals surface area contributed by atoms with Crippen LogP contribution in [0, 0.1) is 0 Å². The number of ether oxygens (including phenoxy) is 2. The molecule has 0 fully saturated rings. The number of rotatable bonds is 6. The number of hydrogen-bond acceptors (Lipinski definition) is 4. The average molecular weight is 433 g/mol. The number of para-hydroxylation sites is 1. The molecule has 0 radical (unpaired) electrons. The second-order valence-corrected chi connectivity index (χ2v) is 6.87. The Morgan fingerprint density at radius 3 is 2.63 bits per heavy atom. The van der Waals surface area contributed by atoms with E-state index in [1.807, 2.05) is 35.9 Å². The highest BCUT2D eigenvalue weighted by Crippen LogP contribution is 2.31. The van der Waals surface area contributed by atoms with Crippen LogP contribution in [0.1, 0.15) is 22.2 Å². The number of hydrogen-bond donors (Lipinski definition) is 2. The number of aliphatic hydroxyl groups is 1. The number of aryl methyl sites for hydroxylation is 1. The normalized spacial score (nSPS) is 12.0. The lowest BCUT2D eigenvalue weighted by molar-refractivity contribution is 0.0906. The van der Waals surface area contributed by atoms with E-state index in [4.69, 9.17) is 9.47 Å². The second-order valence-electron chi connectivity index (χ2n) is 6.07. The van der Waals surface area contributed by atoms with E-state index in [2.05, 4.69) is 21.2 Å². The van der Waals surface area contributed by atoms with Gasteiger partial charge < -0.3 is 24.5 Å². The third-order valence-corrected chi connectivity index (χ3v) is 5.31. The minimum Gasteiger partial charge on any atom is -0.497 e. The number of fused-ring (bicyclic) bond motifs is 1. The number of nitrogens with one attached hydrogen (secondary N) is 1. The third-order valence-electron chi connectivity index (χ3n) is 4.51. The molecule has 1 heterocycles. The van der Waals surface area contributed by atoms with Crippen LogP contribution < -0.4 is 14.8 Å². The maximum atomic E-state index is 12.7. The van der Waals surface area contributed by atoms with Crippen LogP contribution in [0.5, 0.6) is 11.5 Å². The Morgan fingerprint density at radius 1 is 1.22 bits per heavy atom. The van der Waals surface area contributed by atoms with Gasteiger partial charge in [0.05, 0.1) is 18.7 Å². The van der Waals surface area contributed by atoms with Crippen molar-refractivity contribution in [1.82, 2.24) is 9.88 Å². The van der Waals surface area contributed by atoms with E-state index in [9.17, 15) is 9.90 Å². The molecule has 0 spiro atoms. The van der Waals surface area contributed by atoms with E-state index >= 15 is 0 Å². The number of methoxy groups -OCH3 is 2. The average Bonchev–Trinajstić information content (AvgIpc) is 2.96. The number of aromatic nitrogens is 1. The van der Waals surface area contributed by atoms with Crippen LogP contribution >= 0.6 is 15.9 Å². The molecule has 3 rings (SSSR count). The number of nitrogens with zero attached hydrogens (tertiary/aromatic N) is 1. The molecule has 142 valence electrons. The van der Waals surface area contributed by atoms with Crippen molar-refractivity contribution in [2.75, 3.05) is 20.8 Å². The van der Waals surface area contributed by atoms with Crippen LogP contribution in [0.4, 0.5) is 0 Å². The third kappa shape index (κ3) is 3.65. The smallest absolute Gasteiger partial charge is 0.269 e. The number of halogens is 1. The van der Waals surface area contributed by atoms with E-state index in [1.165, 1.54) is 7.11 Å². The summed E-state index contributed by atoms with van der Waals surface area (Å²) in [6.07, 6.45) is -0.938. The van der Waals surface area contributed by atoms with Gasteiger partial charge in [-0.15, -0.1) is 0 Å².